The Morgan fingerprint density at radius 3 is 2.58 bits per heavy atom. The van der Waals surface area contributed by atoms with Crippen LogP contribution in [0.2, 0.25) is 0 Å². The van der Waals surface area contributed by atoms with Crippen LogP contribution in [0.1, 0.15) is 19.3 Å². The average molecular weight is 308 g/mol. The van der Waals surface area contributed by atoms with Gasteiger partial charge in [0, 0.05) is 49.5 Å². The minimum absolute atomic E-state index is 0. The third kappa shape index (κ3) is 6.49. The standard InChI is InChI=1S/C12H21N3O2S.ClH/c16-11(7-10-8-18-6-5-13-10)14-3-4-15-12(17)9-1-2-9;/h9-10,13H,1-8H2,(H,14,16)(H,15,17);1H. The van der Waals surface area contributed by atoms with Crippen molar-refractivity contribution < 1.29 is 9.59 Å². The fourth-order valence-corrected chi connectivity index (χ4v) is 2.87. The maximum absolute atomic E-state index is 11.6. The van der Waals surface area contributed by atoms with Gasteiger partial charge in [0.1, 0.15) is 0 Å². The van der Waals surface area contributed by atoms with E-state index < -0.39 is 0 Å². The van der Waals surface area contributed by atoms with Gasteiger partial charge in [-0.05, 0) is 12.8 Å². The van der Waals surface area contributed by atoms with E-state index in [0.717, 1.165) is 30.9 Å². The molecule has 110 valence electrons. The molecule has 2 fully saturated rings. The summed E-state index contributed by atoms with van der Waals surface area (Å²) in [5, 5.41) is 9.00. The summed E-state index contributed by atoms with van der Waals surface area (Å²) in [6.45, 7) is 2.05. The number of carbonyl (C=O) groups is 2. The largest absolute Gasteiger partial charge is 0.354 e. The van der Waals surface area contributed by atoms with Gasteiger partial charge in [0.25, 0.3) is 0 Å². The lowest BCUT2D eigenvalue weighted by Gasteiger charge is -2.22. The van der Waals surface area contributed by atoms with Crippen LogP contribution in [-0.4, -0.2) is 49.0 Å². The van der Waals surface area contributed by atoms with E-state index in [-0.39, 0.29) is 30.1 Å². The quantitative estimate of drug-likeness (QED) is 0.611. The van der Waals surface area contributed by atoms with Gasteiger partial charge >= 0.3 is 0 Å². The first kappa shape index (κ1) is 16.6. The Labute approximate surface area is 124 Å². The first-order valence-corrected chi connectivity index (χ1v) is 7.76. The van der Waals surface area contributed by atoms with Crippen LogP contribution >= 0.6 is 24.2 Å². The highest BCUT2D eigenvalue weighted by Gasteiger charge is 2.29. The second kappa shape index (κ2) is 8.66. The molecular weight excluding hydrogens is 286 g/mol. The van der Waals surface area contributed by atoms with Crippen molar-refractivity contribution >= 4 is 36.0 Å². The van der Waals surface area contributed by atoms with Gasteiger partial charge in [-0.3, -0.25) is 9.59 Å². The zero-order chi connectivity index (χ0) is 12.8. The summed E-state index contributed by atoms with van der Waals surface area (Å²) in [5.74, 6) is 2.58. The molecule has 2 aliphatic rings. The Balaban J connectivity index is 0.00000180. The van der Waals surface area contributed by atoms with E-state index in [1.54, 1.807) is 0 Å². The number of amides is 2. The average Bonchev–Trinajstić information content (AvgIpc) is 3.20. The minimum atomic E-state index is 0. The highest BCUT2D eigenvalue weighted by Crippen LogP contribution is 2.28. The van der Waals surface area contributed by atoms with Crippen molar-refractivity contribution in [1.29, 1.82) is 0 Å². The van der Waals surface area contributed by atoms with Crippen molar-refractivity contribution in [3.8, 4) is 0 Å². The van der Waals surface area contributed by atoms with E-state index in [0.29, 0.717) is 25.6 Å². The summed E-state index contributed by atoms with van der Waals surface area (Å²) in [6.07, 6.45) is 2.57. The van der Waals surface area contributed by atoms with Crippen LogP contribution < -0.4 is 16.0 Å². The molecule has 0 aromatic heterocycles. The first-order chi connectivity index (χ1) is 8.75. The Morgan fingerprint density at radius 2 is 1.95 bits per heavy atom. The third-order valence-corrected chi connectivity index (χ3v) is 4.26. The van der Waals surface area contributed by atoms with E-state index >= 15 is 0 Å². The predicted molar refractivity (Wildman–Crippen MR) is 79.7 cm³/mol. The Kier molecular flexibility index (Phi) is 7.56. The number of rotatable bonds is 6. The highest BCUT2D eigenvalue weighted by molar-refractivity contribution is 7.99. The highest BCUT2D eigenvalue weighted by atomic mass is 35.5. The minimum Gasteiger partial charge on any atom is -0.354 e. The van der Waals surface area contributed by atoms with Gasteiger partial charge in [0.2, 0.25) is 11.8 Å². The lowest BCUT2D eigenvalue weighted by molar-refractivity contribution is -0.123. The molecule has 5 nitrogen and oxygen atoms in total. The number of halogens is 1. The molecule has 1 aliphatic heterocycles. The molecule has 0 spiro atoms. The van der Waals surface area contributed by atoms with Crippen molar-refractivity contribution in [2.24, 2.45) is 5.92 Å². The van der Waals surface area contributed by atoms with Crippen molar-refractivity contribution in [3.63, 3.8) is 0 Å². The number of hydrogen-bond acceptors (Lipinski definition) is 4. The SMILES string of the molecule is Cl.O=C(CC1CSCCN1)NCCNC(=O)C1CC1. The number of nitrogens with one attached hydrogen (secondary N) is 3. The maximum Gasteiger partial charge on any atom is 0.223 e. The maximum atomic E-state index is 11.6. The van der Waals surface area contributed by atoms with E-state index in [4.69, 9.17) is 0 Å². The molecule has 2 amide bonds. The van der Waals surface area contributed by atoms with Gasteiger partial charge in [-0.25, -0.2) is 0 Å². The number of thioether (sulfide) groups is 1. The normalized spacial score (nSPS) is 22.2. The lowest BCUT2D eigenvalue weighted by Crippen LogP contribution is -2.42. The molecule has 0 radical (unpaired) electrons. The number of carbonyl (C=O) groups excluding carboxylic acids is 2. The molecular formula is C12H22ClN3O2S. The van der Waals surface area contributed by atoms with Gasteiger partial charge in [0.15, 0.2) is 0 Å². The summed E-state index contributed by atoms with van der Waals surface area (Å²) in [7, 11) is 0. The fourth-order valence-electron chi connectivity index (χ4n) is 1.92. The van der Waals surface area contributed by atoms with Crippen LogP contribution in [0.5, 0.6) is 0 Å². The predicted octanol–water partition coefficient (Wildman–Crippen LogP) is 0.146. The van der Waals surface area contributed by atoms with Crippen LogP contribution in [-0.2, 0) is 9.59 Å². The zero-order valence-corrected chi connectivity index (χ0v) is 12.6. The van der Waals surface area contributed by atoms with Crippen LogP contribution in [0.4, 0.5) is 0 Å². The monoisotopic (exact) mass is 307 g/mol. The van der Waals surface area contributed by atoms with Crippen molar-refractivity contribution in [3.05, 3.63) is 0 Å². The van der Waals surface area contributed by atoms with E-state index in [9.17, 15) is 9.59 Å². The van der Waals surface area contributed by atoms with Crippen molar-refractivity contribution in [2.45, 2.75) is 25.3 Å². The van der Waals surface area contributed by atoms with Crippen LogP contribution in [0, 0.1) is 5.92 Å². The lowest BCUT2D eigenvalue weighted by atomic mass is 10.2. The van der Waals surface area contributed by atoms with Crippen molar-refractivity contribution in [2.75, 3.05) is 31.1 Å². The van der Waals surface area contributed by atoms with Crippen LogP contribution in [0.15, 0.2) is 0 Å². The topological polar surface area (TPSA) is 70.2 Å². The van der Waals surface area contributed by atoms with Crippen LogP contribution in [0.3, 0.4) is 0 Å². The summed E-state index contributed by atoms with van der Waals surface area (Å²) >= 11 is 1.89. The summed E-state index contributed by atoms with van der Waals surface area (Å²) < 4.78 is 0. The molecule has 1 atom stereocenters. The molecule has 2 rings (SSSR count). The van der Waals surface area contributed by atoms with Gasteiger partial charge in [-0.2, -0.15) is 11.8 Å². The third-order valence-electron chi connectivity index (χ3n) is 3.12. The molecule has 1 unspecified atom stereocenters. The summed E-state index contributed by atoms with van der Waals surface area (Å²) in [6, 6.07) is 0.296. The molecule has 1 heterocycles. The summed E-state index contributed by atoms with van der Waals surface area (Å²) in [4.78, 5) is 23.0. The van der Waals surface area contributed by atoms with Gasteiger partial charge in [-0.1, -0.05) is 0 Å². The Hall–Kier alpha value is -0.460. The van der Waals surface area contributed by atoms with Gasteiger partial charge in [0.05, 0.1) is 0 Å². The summed E-state index contributed by atoms with van der Waals surface area (Å²) in [5.41, 5.74) is 0. The van der Waals surface area contributed by atoms with Gasteiger partial charge in [-0.15, -0.1) is 12.4 Å². The van der Waals surface area contributed by atoms with E-state index in [1.165, 1.54) is 0 Å². The molecule has 3 N–H and O–H groups in total. The molecule has 0 aromatic rings. The molecule has 0 bridgehead atoms. The van der Waals surface area contributed by atoms with Gasteiger partial charge < -0.3 is 16.0 Å². The first-order valence-electron chi connectivity index (χ1n) is 6.61. The zero-order valence-electron chi connectivity index (χ0n) is 10.9. The molecule has 1 aliphatic carbocycles. The number of hydrogen-bond donors (Lipinski definition) is 3. The molecule has 1 saturated heterocycles. The molecule has 0 aromatic carbocycles. The second-order valence-corrected chi connectivity index (χ2v) is 6.00. The van der Waals surface area contributed by atoms with Crippen molar-refractivity contribution in [1.82, 2.24) is 16.0 Å². The van der Waals surface area contributed by atoms with E-state index in [2.05, 4.69) is 16.0 Å². The smallest absolute Gasteiger partial charge is 0.223 e. The molecule has 1 saturated carbocycles. The molecule has 7 heteroatoms. The van der Waals surface area contributed by atoms with E-state index in [1.807, 2.05) is 11.8 Å². The second-order valence-electron chi connectivity index (χ2n) is 4.85. The Morgan fingerprint density at radius 1 is 1.21 bits per heavy atom. The fraction of sp³-hybridized carbons (Fsp3) is 0.833. The Bertz CT molecular complexity index is 307. The molecule has 19 heavy (non-hydrogen) atoms. The van der Waals surface area contributed by atoms with Crippen LogP contribution in [0.25, 0.3) is 0 Å².